The fourth-order valence-corrected chi connectivity index (χ4v) is 5.36. The number of benzene rings is 1. The molecule has 1 aromatic carbocycles. The third kappa shape index (κ3) is 5.66. The third-order valence-electron chi connectivity index (χ3n) is 4.64. The zero-order chi connectivity index (χ0) is 20.1. The van der Waals surface area contributed by atoms with Crippen LogP contribution in [0.1, 0.15) is 22.5 Å². The molecule has 2 heterocycles. The molecule has 0 saturated carbocycles. The van der Waals surface area contributed by atoms with Gasteiger partial charge in [0.2, 0.25) is 0 Å². The number of furan rings is 1. The number of hydrogen-bond acceptors (Lipinski definition) is 7. The van der Waals surface area contributed by atoms with Crippen LogP contribution >= 0.6 is 15.9 Å². The first-order valence-electron chi connectivity index (χ1n) is 8.90. The molecule has 9 heteroatoms. The number of aliphatic hydroxyl groups is 1. The molecule has 0 bridgehead atoms. The Morgan fingerprint density at radius 3 is 2.75 bits per heavy atom. The van der Waals surface area contributed by atoms with Gasteiger partial charge in [-0.25, -0.2) is 8.42 Å². The highest BCUT2D eigenvalue weighted by atomic mass is 79.9. The maximum absolute atomic E-state index is 11.9. The zero-order valence-electron chi connectivity index (χ0n) is 15.2. The number of aliphatic hydroxyl groups excluding tert-OH is 1. The monoisotopic (exact) mass is 471 g/mol. The van der Waals surface area contributed by atoms with E-state index in [-0.39, 0.29) is 30.7 Å². The second-order valence-corrected chi connectivity index (χ2v) is 9.82. The van der Waals surface area contributed by atoms with Crippen molar-refractivity contribution in [2.75, 3.05) is 24.7 Å². The van der Waals surface area contributed by atoms with E-state index in [0.717, 1.165) is 0 Å². The molecule has 0 aliphatic carbocycles. The smallest absolute Gasteiger partial charge is 0.169 e. The molecule has 1 fully saturated rings. The molecule has 1 aromatic heterocycles. The lowest BCUT2D eigenvalue weighted by Gasteiger charge is -2.29. The van der Waals surface area contributed by atoms with Gasteiger partial charge in [0, 0.05) is 12.6 Å². The van der Waals surface area contributed by atoms with E-state index < -0.39 is 15.9 Å². The van der Waals surface area contributed by atoms with Gasteiger partial charge in [0.05, 0.1) is 23.6 Å². The van der Waals surface area contributed by atoms with E-state index in [0.29, 0.717) is 41.0 Å². The van der Waals surface area contributed by atoms with E-state index in [1.807, 2.05) is 11.0 Å². The van der Waals surface area contributed by atoms with E-state index in [1.165, 1.54) is 0 Å². The van der Waals surface area contributed by atoms with Gasteiger partial charge in [-0.15, -0.1) is 0 Å². The molecule has 28 heavy (non-hydrogen) atoms. The van der Waals surface area contributed by atoms with E-state index in [2.05, 4.69) is 15.9 Å². The average molecular weight is 472 g/mol. The Balaban J connectivity index is 1.65. The summed E-state index contributed by atoms with van der Waals surface area (Å²) < 4.78 is 35.5. The quantitative estimate of drug-likeness (QED) is 0.560. The molecule has 2 unspecified atom stereocenters. The predicted molar refractivity (Wildman–Crippen MR) is 107 cm³/mol. The molecule has 1 aliphatic rings. The van der Waals surface area contributed by atoms with Gasteiger partial charge in [-0.2, -0.15) is 0 Å². The molecule has 0 radical (unpaired) electrons. The first-order chi connectivity index (χ1) is 13.4. The SMILES string of the molecule is O=Cc1ccccc1OCC(O)CN(Cc1ccc(Br)o1)C1CCS(=O)(=O)C1. The van der Waals surface area contributed by atoms with Crippen molar-refractivity contribution in [3.05, 3.63) is 52.4 Å². The summed E-state index contributed by atoms with van der Waals surface area (Å²) in [4.78, 5) is 13.0. The Morgan fingerprint density at radius 1 is 1.32 bits per heavy atom. The van der Waals surface area contributed by atoms with Crippen molar-refractivity contribution in [1.82, 2.24) is 4.90 Å². The van der Waals surface area contributed by atoms with Crippen LogP contribution in [0.3, 0.4) is 0 Å². The molecule has 3 rings (SSSR count). The third-order valence-corrected chi connectivity index (χ3v) is 6.81. The summed E-state index contributed by atoms with van der Waals surface area (Å²) in [6.07, 6.45) is 0.360. The molecule has 152 valence electrons. The first kappa shape index (κ1) is 21.0. The topological polar surface area (TPSA) is 97.1 Å². The zero-order valence-corrected chi connectivity index (χ0v) is 17.6. The van der Waals surface area contributed by atoms with Crippen molar-refractivity contribution in [3.63, 3.8) is 0 Å². The summed E-state index contributed by atoms with van der Waals surface area (Å²) in [5, 5.41) is 10.5. The number of nitrogens with zero attached hydrogens (tertiary/aromatic N) is 1. The van der Waals surface area contributed by atoms with Crippen LogP contribution in [0, 0.1) is 0 Å². The highest BCUT2D eigenvalue weighted by Crippen LogP contribution is 2.23. The van der Waals surface area contributed by atoms with E-state index in [9.17, 15) is 18.3 Å². The number of carbonyl (C=O) groups is 1. The molecule has 1 saturated heterocycles. The second kappa shape index (κ2) is 9.21. The Kier molecular flexibility index (Phi) is 6.92. The number of para-hydroxylation sites is 1. The molecule has 0 amide bonds. The van der Waals surface area contributed by atoms with Crippen molar-refractivity contribution in [3.8, 4) is 5.75 Å². The summed E-state index contributed by atoms with van der Waals surface area (Å²) >= 11 is 3.26. The number of rotatable bonds is 9. The lowest BCUT2D eigenvalue weighted by atomic mass is 10.2. The van der Waals surface area contributed by atoms with Crippen LogP contribution < -0.4 is 4.74 Å². The molecule has 7 nitrogen and oxygen atoms in total. The number of sulfone groups is 1. The number of halogens is 1. The molecule has 0 spiro atoms. The summed E-state index contributed by atoms with van der Waals surface area (Å²) in [5.74, 6) is 1.29. The summed E-state index contributed by atoms with van der Waals surface area (Å²) in [6, 6.07) is 10.2. The van der Waals surface area contributed by atoms with Crippen molar-refractivity contribution in [2.45, 2.75) is 25.1 Å². The van der Waals surface area contributed by atoms with E-state index in [4.69, 9.17) is 9.15 Å². The largest absolute Gasteiger partial charge is 0.490 e. The normalized spacial score (nSPS) is 19.6. The predicted octanol–water partition coefficient (Wildman–Crippen LogP) is 2.28. The van der Waals surface area contributed by atoms with Crippen LogP contribution in [0.5, 0.6) is 5.75 Å². The lowest BCUT2D eigenvalue weighted by molar-refractivity contribution is 0.0493. The molecule has 1 N–H and O–H groups in total. The molecular weight excluding hydrogens is 450 g/mol. The van der Waals surface area contributed by atoms with Crippen molar-refractivity contribution < 1.29 is 27.5 Å². The number of hydrogen-bond donors (Lipinski definition) is 1. The van der Waals surface area contributed by atoms with Gasteiger partial charge in [0.1, 0.15) is 24.2 Å². The van der Waals surface area contributed by atoms with Crippen LogP contribution in [0.2, 0.25) is 0 Å². The molecule has 2 atom stereocenters. The van der Waals surface area contributed by atoms with Crippen LogP contribution in [-0.2, 0) is 16.4 Å². The first-order valence-corrected chi connectivity index (χ1v) is 11.5. The lowest BCUT2D eigenvalue weighted by Crippen LogP contribution is -2.42. The summed E-state index contributed by atoms with van der Waals surface area (Å²) in [5.41, 5.74) is 0.411. The van der Waals surface area contributed by atoms with Crippen molar-refractivity contribution in [2.24, 2.45) is 0 Å². The standard InChI is InChI=1S/C19H22BrNO6S/c20-19-6-5-17(27-19)10-21(15-7-8-28(24,25)13-15)9-16(23)12-26-18-4-2-1-3-14(18)11-22/h1-6,11,15-16,23H,7-10,12-13H2. The minimum Gasteiger partial charge on any atom is -0.490 e. The van der Waals surface area contributed by atoms with Crippen molar-refractivity contribution in [1.29, 1.82) is 0 Å². The fourth-order valence-electron chi connectivity index (χ4n) is 3.26. The highest BCUT2D eigenvalue weighted by Gasteiger charge is 2.33. The number of aldehydes is 1. The van der Waals surface area contributed by atoms with Gasteiger partial charge in [-0.3, -0.25) is 9.69 Å². The minimum absolute atomic E-state index is 0.0112. The fraction of sp³-hybridized carbons (Fsp3) is 0.421. The molecule has 2 aromatic rings. The van der Waals surface area contributed by atoms with Crippen LogP contribution in [0.25, 0.3) is 0 Å². The van der Waals surface area contributed by atoms with Gasteiger partial charge in [-0.1, -0.05) is 12.1 Å². The second-order valence-electron chi connectivity index (χ2n) is 6.81. The van der Waals surface area contributed by atoms with Gasteiger partial charge in [-0.05, 0) is 46.6 Å². The van der Waals surface area contributed by atoms with Gasteiger partial charge >= 0.3 is 0 Å². The summed E-state index contributed by atoms with van der Waals surface area (Å²) in [6.45, 7) is 0.595. The Bertz CT molecular complexity index is 913. The minimum atomic E-state index is -3.06. The van der Waals surface area contributed by atoms with Gasteiger partial charge in [0.25, 0.3) is 0 Å². The van der Waals surface area contributed by atoms with E-state index >= 15 is 0 Å². The summed E-state index contributed by atoms with van der Waals surface area (Å²) in [7, 11) is -3.06. The van der Waals surface area contributed by atoms with E-state index in [1.54, 1.807) is 30.3 Å². The highest BCUT2D eigenvalue weighted by molar-refractivity contribution is 9.10. The Labute approximate surface area is 172 Å². The van der Waals surface area contributed by atoms with Gasteiger partial charge < -0.3 is 14.3 Å². The number of carbonyl (C=O) groups excluding carboxylic acids is 1. The van der Waals surface area contributed by atoms with Crippen LogP contribution in [-0.4, -0.2) is 61.5 Å². The number of ether oxygens (including phenoxy) is 1. The van der Waals surface area contributed by atoms with Crippen LogP contribution in [0.4, 0.5) is 0 Å². The average Bonchev–Trinajstić information content (AvgIpc) is 3.24. The Morgan fingerprint density at radius 2 is 2.11 bits per heavy atom. The molecule has 1 aliphatic heterocycles. The van der Waals surface area contributed by atoms with Crippen molar-refractivity contribution >= 4 is 32.1 Å². The molecular formula is C19H22BrNO6S. The van der Waals surface area contributed by atoms with Gasteiger partial charge in [0.15, 0.2) is 20.8 Å². The van der Waals surface area contributed by atoms with Crippen LogP contribution in [0.15, 0.2) is 45.5 Å². The maximum Gasteiger partial charge on any atom is 0.169 e. The maximum atomic E-state index is 11.9. The Hall–Kier alpha value is -1.68.